The van der Waals surface area contributed by atoms with Crippen molar-refractivity contribution in [3.05, 3.63) is 23.7 Å². The van der Waals surface area contributed by atoms with Crippen molar-refractivity contribution < 1.29 is 18.8 Å². The molecule has 0 radical (unpaired) electrons. The molecule has 1 aliphatic heterocycles. The quantitative estimate of drug-likeness (QED) is 0.891. The van der Waals surface area contributed by atoms with E-state index in [1.54, 1.807) is 38.2 Å². The summed E-state index contributed by atoms with van der Waals surface area (Å²) in [6.45, 7) is 3.94. The van der Waals surface area contributed by atoms with E-state index in [0.29, 0.717) is 5.76 Å². The molecule has 0 saturated carbocycles. The van der Waals surface area contributed by atoms with Gasteiger partial charge in [-0.05, 0) is 26.0 Å². The molecule has 1 aliphatic rings. The van der Waals surface area contributed by atoms with Gasteiger partial charge in [0.2, 0.25) is 11.8 Å². The number of amides is 3. The number of likely N-dealkylation sites (tertiary alicyclic amines) is 1. The monoisotopic (exact) mass is 321 g/mol. The molecule has 1 aromatic rings. The van der Waals surface area contributed by atoms with Gasteiger partial charge in [0.1, 0.15) is 5.76 Å². The van der Waals surface area contributed by atoms with Gasteiger partial charge >= 0.3 is 0 Å². The Labute approximate surface area is 135 Å². The average Bonchev–Trinajstić information content (AvgIpc) is 3.03. The minimum atomic E-state index is -0.517. The van der Waals surface area contributed by atoms with Gasteiger partial charge in [-0.15, -0.1) is 0 Å². The number of carbonyl (C=O) groups excluding carboxylic acids is 3. The van der Waals surface area contributed by atoms with Crippen LogP contribution in [0.15, 0.2) is 16.5 Å². The predicted octanol–water partition coefficient (Wildman–Crippen LogP) is 0.855. The Bertz CT molecular complexity index is 633. The van der Waals surface area contributed by atoms with E-state index >= 15 is 0 Å². The van der Waals surface area contributed by atoms with Crippen LogP contribution in [0.3, 0.4) is 0 Å². The minimum Gasteiger partial charge on any atom is -0.454 e. The van der Waals surface area contributed by atoms with Crippen molar-refractivity contribution in [1.29, 1.82) is 0 Å². The molecule has 0 aromatic carbocycles. The molecule has 1 atom stereocenters. The van der Waals surface area contributed by atoms with Gasteiger partial charge in [-0.3, -0.25) is 14.4 Å². The van der Waals surface area contributed by atoms with Crippen LogP contribution in [-0.2, 0) is 16.1 Å². The molecule has 0 spiro atoms. The van der Waals surface area contributed by atoms with Crippen LogP contribution in [0.5, 0.6) is 0 Å². The van der Waals surface area contributed by atoms with Crippen LogP contribution in [0.2, 0.25) is 0 Å². The molecule has 3 amide bonds. The van der Waals surface area contributed by atoms with Gasteiger partial charge in [-0.1, -0.05) is 0 Å². The lowest BCUT2D eigenvalue weighted by atomic mass is 9.88. The van der Waals surface area contributed by atoms with Crippen LogP contribution >= 0.6 is 0 Å². The van der Waals surface area contributed by atoms with E-state index in [9.17, 15) is 14.4 Å². The molecule has 0 unspecified atom stereocenters. The topological polar surface area (TPSA) is 82.9 Å². The summed E-state index contributed by atoms with van der Waals surface area (Å²) >= 11 is 0. The lowest BCUT2D eigenvalue weighted by Crippen LogP contribution is -2.46. The first-order valence-corrected chi connectivity index (χ1v) is 7.49. The van der Waals surface area contributed by atoms with Crippen molar-refractivity contribution in [2.45, 2.75) is 32.4 Å². The van der Waals surface area contributed by atoms with E-state index in [2.05, 4.69) is 5.32 Å². The van der Waals surface area contributed by atoms with Gasteiger partial charge in [0.15, 0.2) is 5.76 Å². The summed E-state index contributed by atoms with van der Waals surface area (Å²) in [6, 6.07) is 3.24. The van der Waals surface area contributed by atoms with E-state index in [1.165, 1.54) is 4.90 Å². The summed E-state index contributed by atoms with van der Waals surface area (Å²) < 4.78 is 5.43. The largest absolute Gasteiger partial charge is 0.454 e. The SMILES string of the molecule is CN(C)C(=O)c1ccc(CNC(=O)[C@@H]2CC(=O)N(C)C2(C)C)o1. The number of nitrogens with zero attached hydrogens (tertiary/aromatic N) is 2. The molecule has 126 valence electrons. The van der Waals surface area contributed by atoms with Crippen LogP contribution in [0.25, 0.3) is 0 Å². The first-order valence-electron chi connectivity index (χ1n) is 7.49. The third-order valence-electron chi connectivity index (χ3n) is 4.50. The second-order valence-corrected chi connectivity index (χ2v) is 6.55. The molecule has 1 N–H and O–H groups in total. The highest BCUT2D eigenvalue weighted by atomic mass is 16.4. The van der Waals surface area contributed by atoms with Gasteiger partial charge in [0.05, 0.1) is 12.5 Å². The Morgan fingerprint density at radius 1 is 1.39 bits per heavy atom. The fourth-order valence-corrected chi connectivity index (χ4v) is 2.64. The van der Waals surface area contributed by atoms with E-state index < -0.39 is 11.5 Å². The second kappa shape index (κ2) is 6.06. The average molecular weight is 321 g/mol. The van der Waals surface area contributed by atoms with Gasteiger partial charge in [0, 0.05) is 33.1 Å². The molecule has 23 heavy (non-hydrogen) atoms. The Hall–Kier alpha value is -2.31. The van der Waals surface area contributed by atoms with Gasteiger partial charge in [0.25, 0.3) is 5.91 Å². The van der Waals surface area contributed by atoms with Crippen LogP contribution in [0, 0.1) is 5.92 Å². The van der Waals surface area contributed by atoms with Crippen LogP contribution in [0.4, 0.5) is 0 Å². The Balaban J connectivity index is 1.98. The molecule has 1 saturated heterocycles. The molecule has 7 heteroatoms. The maximum Gasteiger partial charge on any atom is 0.289 e. The van der Waals surface area contributed by atoms with E-state index in [4.69, 9.17) is 4.42 Å². The zero-order valence-electron chi connectivity index (χ0n) is 14.2. The van der Waals surface area contributed by atoms with Crippen molar-refractivity contribution >= 4 is 17.7 Å². The summed E-state index contributed by atoms with van der Waals surface area (Å²) in [4.78, 5) is 39.0. The molecular weight excluding hydrogens is 298 g/mol. The van der Waals surface area contributed by atoms with E-state index in [1.807, 2.05) is 13.8 Å². The van der Waals surface area contributed by atoms with E-state index in [0.717, 1.165) is 0 Å². The number of hydrogen-bond acceptors (Lipinski definition) is 4. The number of hydrogen-bond donors (Lipinski definition) is 1. The highest BCUT2D eigenvalue weighted by Crippen LogP contribution is 2.34. The first kappa shape index (κ1) is 17.1. The number of furan rings is 1. The van der Waals surface area contributed by atoms with Gasteiger partial charge in [-0.25, -0.2) is 0 Å². The number of carbonyl (C=O) groups is 3. The number of nitrogens with one attached hydrogen (secondary N) is 1. The third-order valence-corrected chi connectivity index (χ3v) is 4.50. The van der Waals surface area contributed by atoms with Crippen molar-refractivity contribution in [3.8, 4) is 0 Å². The lowest BCUT2D eigenvalue weighted by molar-refractivity contribution is -0.128. The summed E-state index contributed by atoms with van der Waals surface area (Å²) in [7, 11) is 4.99. The standard InChI is InChI=1S/C16H23N3O4/c1-16(2)11(8-13(20)19(16)5)14(21)17-9-10-6-7-12(23-10)15(22)18(3)4/h6-7,11H,8-9H2,1-5H3,(H,17,21)/t11-/m0/s1. The third kappa shape index (κ3) is 3.23. The molecule has 2 rings (SSSR count). The fourth-order valence-electron chi connectivity index (χ4n) is 2.64. The normalized spacial score (nSPS) is 19.8. The molecule has 1 fully saturated rings. The smallest absolute Gasteiger partial charge is 0.289 e. The second-order valence-electron chi connectivity index (χ2n) is 6.55. The maximum atomic E-state index is 12.4. The van der Waals surface area contributed by atoms with Gasteiger partial charge < -0.3 is 19.5 Å². The summed E-state index contributed by atoms with van der Waals surface area (Å²) in [5, 5.41) is 2.78. The maximum absolute atomic E-state index is 12.4. The minimum absolute atomic E-state index is 0.0352. The van der Waals surface area contributed by atoms with Crippen LogP contribution < -0.4 is 5.32 Å². The molecular formula is C16H23N3O4. The molecule has 1 aromatic heterocycles. The number of rotatable bonds is 4. The summed E-state index contributed by atoms with van der Waals surface area (Å²) in [5.41, 5.74) is -0.517. The van der Waals surface area contributed by atoms with Crippen molar-refractivity contribution in [2.24, 2.45) is 5.92 Å². The first-order chi connectivity index (χ1) is 10.6. The summed E-state index contributed by atoms with van der Waals surface area (Å²) in [6.07, 6.45) is 0.206. The van der Waals surface area contributed by atoms with E-state index in [-0.39, 0.29) is 36.4 Å². The highest BCUT2D eigenvalue weighted by Gasteiger charge is 2.47. The van der Waals surface area contributed by atoms with Crippen molar-refractivity contribution in [2.75, 3.05) is 21.1 Å². The molecule has 2 heterocycles. The lowest BCUT2D eigenvalue weighted by Gasteiger charge is -2.32. The molecule has 0 aliphatic carbocycles. The summed E-state index contributed by atoms with van der Waals surface area (Å²) in [5.74, 6) is -0.129. The van der Waals surface area contributed by atoms with Crippen LogP contribution in [0.1, 0.15) is 36.6 Å². The van der Waals surface area contributed by atoms with Crippen molar-refractivity contribution in [3.63, 3.8) is 0 Å². The Kier molecular flexibility index (Phi) is 4.49. The van der Waals surface area contributed by atoms with Crippen molar-refractivity contribution in [1.82, 2.24) is 15.1 Å². The zero-order chi connectivity index (χ0) is 17.4. The fraction of sp³-hybridized carbons (Fsp3) is 0.562. The highest BCUT2D eigenvalue weighted by molar-refractivity contribution is 5.91. The zero-order valence-corrected chi connectivity index (χ0v) is 14.2. The van der Waals surface area contributed by atoms with Crippen LogP contribution in [-0.4, -0.2) is 54.2 Å². The predicted molar refractivity (Wildman–Crippen MR) is 83.5 cm³/mol. The molecule has 0 bridgehead atoms. The van der Waals surface area contributed by atoms with Gasteiger partial charge in [-0.2, -0.15) is 0 Å². The molecule has 7 nitrogen and oxygen atoms in total. The Morgan fingerprint density at radius 3 is 2.57 bits per heavy atom. The Morgan fingerprint density at radius 2 is 2.04 bits per heavy atom.